The predicted molar refractivity (Wildman–Crippen MR) is 183 cm³/mol. The molecule has 0 aliphatic heterocycles. The average Bonchev–Trinajstić information content (AvgIpc) is 3.48. The summed E-state index contributed by atoms with van der Waals surface area (Å²) in [4.78, 5) is 23.7. The summed E-state index contributed by atoms with van der Waals surface area (Å²) < 4.78 is 15.4. The van der Waals surface area contributed by atoms with E-state index in [2.05, 4.69) is 26.6 Å². The van der Waals surface area contributed by atoms with Crippen LogP contribution in [0.5, 0.6) is 0 Å². The molecule has 0 amide bonds. The van der Waals surface area contributed by atoms with Gasteiger partial charge in [0.1, 0.15) is 23.2 Å². The number of amidine groups is 1. The van der Waals surface area contributed by atoms with Gasteiger partial charge in [-0.1, -0.05) is 18.2 Å². The fraction of sp³-hybridized carbons (Fsp3) is 0.182. The van der Waals surface area contributed by atoms with Crippen molar-refractivity contribution in [2.45, 2.75) is 25.4 Å². The van der Waals surface area contributed by atoms with Gasteiger partial charge in [-0.05, 0) is 66.6 Å². The van der Waals surface area contributed by atoms with Crippen molar-refractivity contribution < 1.29 is 19.7 Å². The lowest BCUT2D eigenvalue weighted by Gasteiger charge is -2.24. The predicted octanol–water partition coefficient (Wildman–Crippen LogP) is 2.43. The standard InChI is InChI=1S/C33H31FN10O3.H4N2/c34-23-8-11-26(40-20-23)27-12-13-28-32(41-27)44(31(42-28)25-5-4-16-39-30(25)37)24-9-6-22(7-10-24)21-43(18-14-33(45,46)47)17-3-1-2-15-38-29(36)19-35;1-2/h1-2,4-13,15-16,20,36,45-47H,3,14,17-18,21H2,(H2,37,39);1-2H2/b2-1+,36-29?,38-15?;. The topological polar surface area (TPSA) is 258 Å². The van der Waals surface area contributed by atoms with Gasteiger partial charge in [0.05, 0.1) is 23.1 Å². The van der Waals surface area contributed by atoms with Crippen molar-refractivity contribution in [2.75, 3.05) is 18.8 Å². The smallest absolute Gasteiger partial charge is 0.276 e. The Balaban J connectivity index is 0.00000265. The molecular weight excluding hydrogens is 631 g/mol. The lowest BCUT2D eigenvalue weighted by Crippen LogP contribution is -2.35. The quantitative estimate of drug-likeness (QED) is 0.0333. The number of pyridine rings is 3. The van der Waals surface area contributed by atoms with Crippen molar-refractivity contribution in [1.29, 1.82) is 10.7 Å². The van der Waals surface area contributed by atoms with Gasteiger partial charge in [-0.15, -0.1) is 0 Å². The molecule has 0 radical (unpaired) electrons. The van der Waals surface area contributed by atoms with Gasteiger partial charge >= 0.3 is 0 Å². The van der Waals surface area contributed by atoms with Crippen LogP contribution in [0.2, 0.25) is 0 Å². The Hall–Kier alpha value is -5.80. The summed E-state index contributed by atoms with van der Waals surface area (Å²) in [6.07, 6.45) is 7.81. The summed E-state index contributed by atoms with van der Waals surface area (Å²) in [5.74, 6) is 5.18. The van der Waals surface area contributed by atoms with Crippen LogP contribution < -0.4 is 17.4 Å². The lowest BCUT2D eigenvalue weighted by molar-refractivity contribution is -0.315. The van der Waals surface area contributed by atoms with Crippen molar-refractivity contribution in [3.05, 3.63) is 96.6 Å². The number of hydrogen-bond acceptors (Lipinski definition) is 13. The number of allylic oxidation sites excluding steroid dienone is 1. The van der Waals surface area contributed by atoms with Crippen molar-refractivity contribution in [3.8, 4) is 34.5 Å². The Morgan fingerprint density at radius 2 is 1.78 bits per heavy atom. The normalized spacial score (nSPS) is 11.6. The Morgan fingerprint density at radius 3 is 2.45 bits per heavy atom. The third-order valence-electron chi connectivity index (χ3n) is 7.08. The van der Waals surface area contributed by atoms with Crippen LogP contribution in [0.4, 0.5) is 10.2 Å². The van der Waals surface area contributed by atoms with E-state index in [4.69, 9.17) is 26.4 Å². The molecule has 10 N–H and O–H groups in total. The Morgan fingerprint density at radius 1 is 1.02 bits per heavy atom. The van der Waals surface area contributed by atoms with Crippen LogP contribution in [-0.2, 0) is 6.54 Å². The monoisotopic (exact) mass is 666 g/mol. The number of halogens is 1. The summed E-state index contributed by atoms with van der Waals surface area (Å²) in [5.41, 5.74) is 10.7. The van der Waals surface area contributed by atoms with Crippen molar-refractivity contribution in [1.82, 2.24) is 29.4 Å². The second-order valence-corrected chi connectivity index (χ2v) is 10.5. The van der Waals surface area contributed by atoms with E-state index < -0.39 is 17.6 Å². The van der Waals surface area contributed by atoms with Crippen LogP contribution in [0.15, 0.2) is 90.2 Å². The number of imidazole rings is 1. The molecule has 4 heterocycles. The number of rotatable bonds is 12. The molecule has 0 aliphatic rings. The second kappa shape index (κ2) is 16.9. The third-order valence-corrected chi connectivity index (χ3v) is 7.08. The number of aliphatic imine (C=N–C) groups is 1. The minimum atomic E-state index is -2.80. The number of anilines is 1. The number of fused-ring (bicyclic) bond motifs is 1. The minimum absolute atomic E-state index is 0.187. The Bertz CT molecular complexity index is 1960. The molecule has 5 aromatic rings. The molecular formula is C33H35FN12O3. The molecule has 16 heteroatoms. The summed E-state index contributed by atoms with van der Waals surface area (Å²) in [6, 6.07) is 19.4. The average molecular weight is 667 g/mol. The highest BCUT2D eigenvalue weighted by molar-refractivity contribution is 6.00. The molecule has 15 nitrogen and oxygen atoms in total. The number of nitriles is 1. The summed E-state index contributed by atoms with van der Waals surface area (Å²) in [6.45, 7) is 1.13. The maximum Gasteiger partial charge on any atom is 0.276 e. The van der Waals surface area contributed by atoms with Gasteiger partial charge in [0, 0.05) is 44.2 Å². The molecule has 0 atom stereocenters. The van der Waals surface area contributed by atoms with E-state index in [0.717, 1.165) is 17.4 Å². The zero-order valence-electron chi connectivity index (χ0n) is 26.2. The van der Waals surface area contributed by atoms with E-state index in [1.807, 2.05) is 51.9 Å². The van der Waals surface area contributed by atoms with Crippen LogP contribution in [0.25, 0.3) is 39.6 Å². The van der Waals surface area contributed by atoms with Gasteiger partial charge in [-0.3, -0.25) is 31.5 Å². The zero-order valence-corrected chi connectivity index (χ0v) is 26.2. The fourth-order valence-electron chi connectivity index (χ4n) is 4.81. The van der Waals surface area contributed by atoms with Gasteiger partial charge in [-0.25, -0.2) is 24.3 Å². The number of nitrogen functional groups attached to an aromatic ring is 1. The van der Waals surface area contributed by atoms with Crippen LogP contribution >= 0.6 is 0 Å². The fourth-order valence-corrected chi connectivity index (χ4v) is 4.81. The van der Waals surface area contributed by atoms with Gasteiger partial charge in [-0.2, -0.15) is 5.26 Å². The van der Waals surface area contributed by atoms with Crippen molar-refractivity contribution in [2.24, 2.45) is 16.7 Å². The first-order valence-corrected chi connectivity index (χ1v) is 14.8. The van der Waals surface area contributed by atoms with Gasteiger partial charge in [0.15, 0.2) is 11.5 Å². The highest BCUT2D eigenvalue weighted by atomic mass is 19.1. The summed E-state index contributed by atoms with van der Waals surface area (Å²) in [7, 11) is 0. The van der Waals surface area contributed by atoms with Crippen LogP contribution in [0, 0.1) is 22.6 Å². The number of hydrogen-bond donors (Lipinski definition) is 7. The van der Waals surface area contributed by atoms with E-state index in [9.17, 15) is 19.7 Å². The largest absolute Gasteiger partial charge is 0.383 e. The first-order valence-electron chi connectivity index (χ1n) is 14.8. The highest BCUT2D eigenvalue weighted by Gasteiger charge is 2.21. The SMILES string of the molecule is N#CC(=N)N=C/C=C/CCN(CCC(O)(O)O)Cc1ccc(-n2c(-c3cccnc3N)nc3ccc(-c4ccc(F)cn4)nc32)cc1.NN. The maximum atomic E-state index is 13.5. The molecule has 4 aromatic heterocycles. The van der Waals surface area contributed by atoms with E-state index >= 15 is 0 Å². The van der Waals surface area contributed by atoms with Crippen molar-refractivity contribution in [3.63, 3.8) is 0 Å². The number of aliphatic hydroxyl groups is 3. The Kier molecular flexibility index (Phi) is 12.4. The highest BCUT2D eigenvalue weighted by Crippen LogP contribution is 2.31. The van der Waals surface area contributed by atoms with Crippen LogP contribution in [0.3, 0.4) is 0 Å². The number of aromatic nitrogens is 5. The number of benzene rings is 1. The maximum absolute atomic E-state index is 13.5. The Labute approximate surface area is 280 Å². The lowest BCUT2D eigenvalue weighted by atomic mass is 10.1. The van der Waals surface area contributed by atoms with Crippen LogP contribution in [-0.4, -0.2) is 75.8 Å². The first kappa shape index (κ1) is 36.0. The van der Waals surface area contributed by atoms with Crippen molar-refractivity contribution >= 4 is 29.0 Å². The van der Waals surface area contributed by atoms with E-state index in [0.29, 0.717) is 59.3 Å². The van der Waals surface area contributed by atoms with E-state index in [-0.39, 0.29) is 13.0 Å². The number of nitrogens with one attached hydrogen (secondary N) is 1. The van der Waals surface area contributed by atoms with E-state index in [1.165, 1.54) is 12.3 Å². The molecule has 5 rings (SSSR count). The molecule has 0 aliphatic carbocycles. The molecule has 49 heavy (non-hydrogen) atoms. The van der Waals surface area contributed by atoms with E-state index in [1.54, 1.807) is 36.5 Å². The molecule has 0 unspecified atom stereocenters. The second-order valence-electron chi connectivity index (χ2n) is 10.5. The number of nitrogens with two attached hydrogens (primary N) is 3. The first-order chi connectivity index (χ1) is 23.6. The molecule has 1 aromatic carbocycles. The third kappa shape index (κ3) is 9.85. The zero-order chi connectivity index (χ0) is 35.4. The van der Waals surface area contributed by atoms with Gasteiger partial charge in [0.2, 0.25) is 5.84 Å². The summed E-state index contributed by atoms with van der Waals surface area (Å²) >= 11 is 0. The van der Waals surface area contributed by atoms with Crippen LogP contribution in [0.1, 0.15) is 18.4 Å². The van der Waals surface area contributed by atoms with Gasteiger partial charge < -0.3 is 21.1 Å². The molecule has 252 valence electrons. The van der Waals surface area contributed by atoms with Gasteiger partial charge in [0.25, 0.3) is 5.97 Å². The number of nitrogens with zero attached hydrogens (tertiary/aromatic N) is 8. The molecule has 0 fully saturated rings. The molecule has 0 spiro atoms. The minimum Gasteiger partial charge on any atom is -0.383 e. The number of hydrazine groups is 1. The molecule has 0 saturated carbocycles. The molecule has 0 bridgehead atoms. The summed E-state index contributed by atoms with van der Waals surface area (Å²) in [5, 5.41) is 44.3. The molecule has 0 saturated heterocycles.